The van der Waals surface area contributed by atoms with Crippen LogP contribution in [-0.2, 0) is 0 Å². The van der Waals surface area contributed by atoms with Crippen molar-refractivity contribution in [3.05, 3.63) is 35.9 Å². The smallest absolute Gasteiger partial charge is 0.248 e. The molecule has 1 aromatic rings. The predicted molar refractivity (Wildman–Crippen MR) is 54.3 cm³/mol. The molecule has 66 valence electrons. The van der Waals surface area contributed by atoms with Crippen LogP contribution in [0.1, 0.15) is 15.9 Å². The molecule has 3 heteroatoms. The van der Waals surface area contributed by atoms with Crippen molar-refractivity contribution in [2.45, 2.75) is 0 Å². The molecule has 0 saturated heterocycles. The number of hydrogen-bond donors (Lipinski definition) is 1. The van der Waals surface area contributed by atoms with E-state index >= 15 is 0 Å². The molecular weight excluding hydrogens is 164 g/mol. The van der Waals surface area contributed by atoms with Gasteiger partial charge in [-0.3, -0.25) is 9.79 Å². The molecule has 2 N–H and O–H groups in total. The third-order valence-corrected chi connectivity index (χ3v) is 1.70. The minimum absolute atomic E-state index is 0.447. The van der Waals surface area contributed by atoms with Crippen molar-refractivity contribution >= 4 is 24.4 Å². The molecule has 0 unspecified atom stereocenters. The molecule has 0 fully saturated rings. The molecule has 0 atom stereocenters. The summed E-state index contributed by atoms with van der Waals surface area (Å²) >= 11 is 0. The van der Waals surface area contributed by atoms with Crippen LogP contribution in [-0.4, -0.2) is 12.6 Å². The number of primary amides is 1. The van der Waals surface area contributed by atoms with E-state index < -0.39 is 5.91 Å². The Kier molecular flexibility index (Phi) is 2.59. The molecule has 0 heterocycles. The molecule has 0 spiro atoms. The van der Waals surface area contributed by atoms with Crippen molar-refractivity contribution in [3.63, 3.8) is 0 Å². The summed E-state index contributed by atoms with van der Waals surface area (Å²) in [6.45, 7) is 7.00. The summed E-state index contributed by atoms with van der Waals surface area (Å²) in [5.74, 6) is -0.460. The van der Waals surface area contributed by atoms with Gasteiger partial charge in [-0.25, -0.2) is 0 Å². The summed E-state index contributed by atoms with van der Waals surface area (Å²) in [5.41, 5.74) is 7.01. The molecule has 13 heavy (non-hydrogen) atoms. The standard InChI is InChI=1S/C10H10N2O/c1-3-7-6-8(10(11)13)4-5-9(7)12-2/h3-6H,1-2H2,(H2,11,13). The Bertz CT molecular complexity index is 369. The van der Waals surface area contributed by atoms with Gasteiger partial charge in [-0.05, 0) is 24.9 Å². The van der Waals surface area contributed by atoms with Crippen molar-refractivity contribution in [1.29, 1.82) is 0 Å². The number of aliphatic imine (C=N–C) groups is 1. The van der Waals surface area contributed by atoms with E-state index in [9.17, 15) is 4.79 Å². The van der Waals surface area contributed by atoms with Crippen LogP contribution in [0, 0.1) is 0 Å². The van der Waals surface area contributed by atoms with E-state index in [0.29, 0.717) is 11.3 Å². The molecule has 0 saturated carbocycles. The van der Waals surface area contributed by atoms with Gasteiger partial charge in [-0.2, -0.15) is 0 Å². The molecule has 1 amide bonds. The molecule has 0 bridgehead atoms. The third kappa shape index (κ3) is 1.82. The Morgan fingerprint density at radius 2 is 2.23 bits per heavy atom. The largest absolute Gasteiger partial charge is 0.366 e. The number of nitrogens with two attached hydrogens (primary N) is 1. The lowest BCUT2D eigenvalue weighted by atomic mass is 10.1. The molecule has 1 rings (SSSR count). The first kappa shape index (κ1) is 9.19. The van der Waals surface area contributed by atoms with E-state index in [1.165, 1.54) is 0 Å². The lowest BCUT2D eigenvalue weighted by Crippen LogP contribution is -2.10. The van der Waals surface area contributed by atoms with E-state index in [0.717, 1.165) is 5.56 Å². The van der Waals surface area contributed by atoms with E-state index in [1.807, 2.05) is 0 Å². The average molecular weight is 174 g/mol. The SMILES string of the molecule is C=Cc1cc(C(N)=O)ccc1N=C. The van der Waals surface area contributed by atoms with Crippen LogP contribution in [0.2, 0.25) is 0 Å². The van der Waals surface area contributed by atoms with Gasteiger partial charge in [0.2, 0.25) is 5.91 Å². The zero-order valence-corrected chi connectivity index (χ0v) is 7.16. The van der Waals surface area contributed by atoms with Crippen LogP contribution in [0.15, 0.2) is 29.8 Å². The normalized spacial score (nSPS) is 9.23. The molecule has 0 aliphatic rings. The summed E-state index contributed by atoms with van der Waals surface area (Å²) in [6, 6.07) is 4.93. The Morgan fingerprint density at radius 3 is 2.69 bits per heavy atom. The lowest BCUT2D eigenvalue weighted by molar-refractivity contribution is 0.100. The van der Waals surface area contributed by atoms with Gasteiger partial charge in [-0.15, -0.1) is 0 Å². The monoisotopic (exact) mass is 174 g/mol. The Morgan fingerprint density at radius 1 is 1.54 bits per heavy atom. The zero-order valence-electron chi connectivity index (χ0n) is 7.16. The molecule has 3 nitrogen and oxygen atoms in total. The predicted octanol–water partition coefficient (Wildman–Crippen LogP) is 1.76. The summed E-state index contributed by atoms with van der Waals surface area (Å²) in [7, 11) is 0. The second-order valence-electron chi connectivity index (χ2n) is 2.50. The highest BCUT2D eigenvalue weighted by atomic mass is 16.1. The Labute approximate surface area is 76.6 Å². The molecule has 0 aliphatic carbocycles. The fourth-order valence-corrected chi connectivity index (χ4v) is 1.02. The topological polar surface area (TPSA) is 55.5 Å². The number of carbonyl (C=O) groups is 1. The first-order valence-corrected chi connectivity index (χ1v) is 3.72. The fraction of sp³-hybridized carbons (Fsp3) is 0. The summed E-state index contributed by atoms with van der Waals surface area (Å²) in [6.07, 6.45) is 1.61. The van der Waals surface area contributed by atoms with E-state index in [1.54, 1.807) is 24.3 Å². The van der Waals surface area contributed by atoms with Gasteiger partial charge in [0.25, 0.3) is 0 Å². The maximum atomic E-state index is 10.8. The summed E-state index contributed by atoms with van der Waals surface area (Å²) < 4.78 is 0. The van der Waals surface area contributed by atoms with Gasteiger partial charge in [0.05, 0.1) is 5.69 Å². The highest BCUT2D eigenvalue weighted by molar-refractivity contribution is 5.94. The maximum Gasteiger partial charge on any atom is 0.248 e. The molecular formula is C10H10N2O. The van der Waals surface area contributed by atoms with Crippen LogP contribution < -0.4 is 5.73 Å². The minimum atomic E-state index is -0.460. The van der Waals surface area contributed by atoms with Crippen molar-refractivity contribution in [1.82, 2.24) is 0 Å². The number of benzene rings is 1. The Balaban J connectivity index is 3.28. The van der Waals surface area contributed by atoms with Crippen LogP contribution in [0.4, 0.5) is 5.69 Å². The Hall–Kier alpha value is -1.90. The lowest BCUT2D eigenvalue weighted by Gasteiger charge is -2.01. The summed E-state index contributed by atoms with van der Waals surface area (Å²) in [5, 5.41) is 0. The molecule has 1 aromatic carbocycles. The summed E-state index contributed by atoms with van der Waals surface area (Å²) in [4.78, 5) is 14.6. The molecule has 0 aromatic heterocycles. The van der Waals surface area contributed by atoms with Crippen molar-refractivity contribution < 1.29 is 4.79 Å². The fourth-order valence-electron chi connectivity index (χ4n) is 1.02. The van der Waals surface area contributed by atoms with Crippen molar-refractivity contribution in [2.75, 3.05) is 0 Å². The van der Waals surface area contributed by atoms with Gasteiger partial charge in [0.15, 0.2) is 0 Å². The number of amides is 1. The molecule has 0 radical (unpaired) electrons. The van der Waals surface area contributed by atoms with Crippen LogP contribution in [0.5, 0.6) is 0 Å². The number of rotatable bonds is 3. The van der Waals surface area contributed by atoms with Crippen molar-refractivity contribution in [2.24, 2.45) is 10.7 Å². The van der Waals surface area contributed by atoms with E-state index in [4.69, 9.17) is 5.73 Å². The van der Waals surface area contributed by atoms with Gasteiger partial charge in [0, 0.05) is 11.1 Å². The van der Waals surface area contributed by atoms with Gasteiger partial charge in [0.1, 0.15) is 0 Å². The quantitative estimate of drug-likeness (QED) is 0.697. The first-order chi connectivity index (χ1) is 6.19. The highest BCUT2D eigenvalue weighted by Gasteiger charge is 2.03. The van der Waals surface area contributed by atoms with Gasteiger partial charge < -0.3 is 5.73 Å². The highest BCUT2D eigenvalue weighted by Crippen LogP contribution is 2.20. The van der Waals surface area contributed by atoms with Crippen LogP contribution in [0.25, 0.3) is 6.08 Å². The van der Waals surface area contributed by atoms with E-state index in [-0.39, 0.29) is 0 Å². The first-order valence-electron chi connectivity index (χ1n) is 3.72. The van der Waals surface area contributed by atoms with E-state index in [2.05, 4.69) is 18.3 Å². The maximum absolute atomic E-state index is 10.8. The van der Waals surface area contributed by atoms with Gasteiger partial charge in [-0.1, -0.05) is 12.7 Å². The third-order valence-electron chi connectivity index (χ3n) is 1.70. The number of nitrogens with zero attached hydrogens (tertiary/aromatic N) is 1. The average Bonchev–Trinajstić information content (AvgIpc) is 2.16. The second kappa shape index (κ2) is 3.67. The minimum Gasteiger partial charge on any atom is -0.366 e. The van der Waals surface area contributed by atoms with Crippen LogP contribution >= 0.6 is 0 Å². The number of hydrogen-bond acceptors (Lipinski definition) is 2. The molecule has 0 aliphatic heterocycles. The number of carbonyl (C=O) groups excluding carboxylic acids is 1. The van der Waals surface area contributed by atoms with Crippen LogP contribution in [0.3, 0.4) is 0 Å². The van der Waals surface area contributed by atoms with Gasteiger partial charge >= 0.3 is 0 Å². The van der Waals surface area contributed by atoms with Crippen molar-refractivity contribution in [3.8, 4) is 0 Å². The zero-order chi connectivity index (χ0) is 9.84. The second-order valence-corrected chi connectivity index (χ2v) is 2.50.